The highest BCUT2D eigenvalue weighted by Gasteiger charge is 2.22. The summed E-state index contributed by atoms with van der Waals surface area (Å²) in [5, 5.41) is 4.83. The molecule has 1 aliphatic rings. The third-order valence-corrected chi connectivity index (χ3v) is 4.43. The Bertz CT molecular complexity index is 610. The van der Waals surface area contributed by atoms with Gasteiger partial charge in [0.15, 0.2) is 11.6 Å². The van der Waals surface area contributed by atoms with Gasteiger partial charge >= 0.3 is 0 Å². The smallest absolute Gasteiger partial charge is 0.158 e. The molecule has 0 atom stereocenters. The zero-order valence-corrected chi connectivity index (χ0v) is 13.7. The van der Waals surface area contributed by atoms with E-state index < -0.39 is 0 Å². The number of aromatic nitrogens is 3. The van der Waals surface area contributed by atoms with Crippen molar-refractivity contribution in [2.24, 2.45) is 0 Å². The molecule has 2 aromatic rings. The van der Waals surface area contributed by atoms with Gasteiger partial charge in [0, 0.05) is 11.5 Å². The lowest BCUT2D eigenvalue weighted by Gasteiger charge is -2.23. The maximum absolute atomic E-state index is 5.25. The fraction of sp³-hybridized carbons (Fsp3) is 0.556. The summed E-state index contributed by atoms with van der Waals surface area (Å²) >= 11 is 0. The molecule has 1 fully saturated rings. The molecule has 1 heterocycles. The fourth-order valence-electron chi connectivity index (χ4n) is 3.10. The lowest BCUT2D eigenvalue weighted by atomic mass is 9.95. The molecule has 22 heavy (non-hydrogen) atoms. The van der Waals surface area contributed by atoms with E-state index in [1.165, 1.54) is 32.1 Å². The third-order valence-electron chi connectivity index (χ3n) is 4.43. The van der Waals surface area contributed by atoms with Gasteiger partial charge in [-0.15, -0.1) is 0 Å². The first kappa shape index (κ1) is 15.1. The van der Waals surface area contributed by atoms with E-state index in [9.17, 15) is 0 Å². The Labute approximate surface area is 132 Å². The lowest BCUT2D eigenvalue weighted by Crippen LogP contribution is -2.15. The van der Waals surface area contributed by atoms with Gasteiger partial charge in [-0.05, 0) is 37.1 Å². The Hall–Kier alpha value is -1.84. The van der Waals surface area contributed by atoms with E-state index in [0.717, 1.165) is 23.0 Å². The van der Waals surface area contributed by atoms with Crippen LogP contribution in [-0.2, 0) is 0 Å². The van der Waals surface area contributed by atoms with Gasteiger partial charge in [-0.1, -0.05) is 33.1 Å². The molecule has 1 aliphatic carbocycles. The molecule has 0 amide bonds. The number of nitrogens with zero attached hydrogens (tertiary/aromatic N) is 3. The van der Waals surface area contributed by atoms with E-state index in [1.807, 2.05) is 12.1 Å². The van der Waals surface area contributed by atoms with Crippen LogP contribution in [0.5, 0.6) is 5.75 Å². The van der Waals surface area contributed by atoms with Crippen LogP contribution >= 0.6 is 0 Å². The topological polar surface area (TPSA) is 39.9 Å². The van der Waals surface area contributed by atoms with E-state index in [-0.39, 0.29) is 0 Å². The molecule has 0 aliphatic heterocycles. The Balaban J connectivity index is 1.99. The molecule has 0 saturated heterocycles. The zero-order valence-electron chi connectivity index (χ0n) is 13.7. The largest absolute Gasteiger partial charge is 0.497 e. The van der Waals surface area contributed by atoms with Crippen molar-refractivity contribution in [2.45, 2.75) is 57.9 Å². The van der Waals surface area contributed by atoms with Crippen molar-refractivity contribution in [3.63, 3.8) is 0 Å². The van der Waals surface area contributed by atoms with Gasteiger partial charge in [-0.2, -0.15) is 5.10 Å². The van der Waals surface area contributed by atoms with Gasteiger partial charge in [-0.25, -0.2) is 9.67 Å². The van der Waals surface area contributed by atoms with Crippen molar-refractivity contribution in [2.75, 3.05) is 7.11 Å². The standard InChI is InChI=1S/C18H25N3O/c1-13(2)17-19-18(14-9-11-16(22-3)12-10-14)21(20-17)15-7-5-4-6-8-15/h9-13,15H,4-8H2,1-3H3. The molecule has 0 N–H and O–H groups in total. The summed E-state index contributed by atoms with van der Waals surface area (Å²) < 4.78 is 7.43. The average molecular weight is 299 g/mol. The minimum absolute atomic E-state index is 0.349. The third kappa shape index (κ3) is 3.01. The normalized spacial score (nSPS) is 16.2. The summed E-state index contributed by atoms with van der Waals surface area (Å²) in [6.07, 6.45) is 6.36. The predicted octanol–water partition coefficient (Wildman–Crippen LogP) is 4.58. The van der Waals surface area contributed by atoms with E-state index >= 15 is 0 Å². The van der Waals surface area contributed by atoms with E-state index in [1.54, 1.807) is 7.11 Å². The van der Waals surface area contributed by atoms with Crippen LogP contribution in [0.25, 0.3) is 11.4 Å². The Kier molecular flexibility index (Phi) is 4.46. The molecular weight excluding hydrogens is 274 g/mol. The molecule has 4 heteroatoms. The first-order valence-corrected chi connectivity index (χ1v) is 8.30. The van der Waals surface area contributed by atoms with Crippen LogP contribution in [0.1, 0.15) is 63.7 Å². The molecule has 4 nitrogen and oxygen atoms in total. The van der Waals surface area contributed by atoms with Crippen LogP contribution in [0.2, 0.25) is 0 Å². The lowest BCUT2D eigenvalue weighted by molar-refractivity contribution is 0.330. The molecule has 118 valence electrons. The van der Waals surface area contributed by atoms with Crippen LogP contribution in [0.4, 0.5) is 0 Å². The SMILES string of the molecule is COc1ccc(-c2nc(C(C)C)nn2C2CCCCC2)cc1. The van der Waals surface area contributed by atoms with Crippen LogP contribution in [0.3, 0.4) is 0 Å². The maximum atomic E-state index is 5.25. The highest BCUT2D eigenvalue weighted by Crippen LogP contribution is 2.32. The maximum Gasteiger partial charge on any atom is 0.158 e. The summed E-state index contributed by atoms with van der Waals surface area (Å²) in [5.41, 5.74) is 1.12. The Morgan fingerprint density at radius 3 is 2.36 bits per heavy atom. The van der Waals surface area contributed by atoms with Gasteiger partial charge in [0.2, 0.25) is 0 Å². The Morgan fingerprint density at radius 1 is 1.09 bits per heavy atom. The first-order valence-electron chi connectivity index (χ1n) is 8.30. The summed E-state index contributed by atoms with van der Waals surface area (Å²) in [7, 11) is 1.69. The van der Waals surface area contributed by atoms with Crippen molar-refractivity contribution >= 4 is 0 Å². The summed E-state index contributed by atoms with van der Waals surface area (Å²) in [4.78, 5) is 4.82. The van der Waals surface area contributed by atoms with E-state index in [0.29, 0.717) is 12.0 Å². The quantitative estimate of drug-likeness (QED) is 0.829. The number of rotatable bonds is 4. The number of hydrogen-bond donors (Lipinski definition) is 0. The van der Waals surface area contributed by atoms with E-state index in [2.05, 4.69) is 30.7 Å². The average Bonchev–Trinajstić information content (AvgIpc) is 3.01. The van der Waals surface area contributed by atoms with E-state index in [4.69, 9.17) is 14.8 Å². The van der Waals surface area contributed by atoms with Crippen molar-refractivity contribution < 1.29 is 4.74 Å². The summed E-state index contributed by atoms with van der Waals surface area (Å²) in [5.74, 6) is 3.16. The van der Waals surface area contributed by atoms with Gasteiger partial charge < -0.3 is 4.74 Å². The van der Waals surface area contributed by atoms with Crippen LogP contribution in [0.15, 0.2) is 24.3 Å². The van der Waals surface area contributed by atoms with Gasteiger partial charge in [0.1, 0.15) is 5.75 Å². The second-order valence-corrected chi connectivity index (χ2v) is 6.41. The fourth-order valence-corrected chi connectivity index (χ4v) is 3.10. The Morgan fingerprint density at radius 2 is 1.77 bits per heavy atom. The van der Waals surface area contributed by atoms with Gasteiger partial charge in [0.05, 0.1) is 13.2 Å². The molecule has 1 aromatic carbocycles. The van der Waals surface area contributed by atoms with Crippen molar-refractivity contribution in [3.05, 3.63) is 30.1 Å². The minimum atomic E-state index is 0.349. The van der Waals surface area contributed by atoms with Crippen LogP contribution < -0.4 is 4.74 Å². The molecule has 3 rings (SSSR count). The number of methoxy groups -OCH3 is 1. The molecule has 1 aromatic heterocycles. The van der Waals surface area contributed by atoms with Crippen LogP contribution in [0, 0.1) is 0 Å². The number of benzene rings is 1. The molecule has 0 bridgehead atoms. The zero-order chi connectivity index (χ0) is 15.5. The summed E-state index contributed by atoms with van der Waals surface area (Å²) in [6.45, 7) is 4.30. The number of ether oxygens (including phenoxy) is 1. The first-order chi connectivity index (χ1) is 10.7. The highest BCUT2D eigenvalue weighted by molar-refractivity contribution is 5.56. The molecule has 0 unspecified atom stereocenters. The minimum Gasteiger partial charge on any atom is -0.497 e. The second-order valence-electron chi connectivity index (χ2n) is 6.41. The van der Waals surface area contributed by atoms with Crippen molar-refractivity contribution in [3.8, 4) is 17.1 Å². The second kappa shape index (κ2) is 6.51. The highest BCUT2D eigenvalue weighted by atomic mass is 16.5. The van der Waals surface area contributed by atoms with Gasteiger partial charge in [0.25, 0.3) is 0 Å². The number of hydrogen-bond acceptors (Lipinski definition) is 3. The molecule has 1 saturated carbocycles. The monoisotopic (exact) mass is 299 g/mol. The van der Waals surface area contributed by atoms with Crippen molar-refractivity contribution in [1.82, 2.24) is 14.8 Å². The predicted molar refractivity (Wildman–Crippen MR) is 88.2 cm³/mol. The van der Waals surface area contributed by atoms with Crippen LogP contribution in [-0.4, -0.2) is 21.9 Å². The van der Waals surface area contributed by atoms with Gasteiger partial charge in [-0.3, -0.25) is 0 Å². The molecule has 0 spiro atoms. The summed E-state index contributed by atoms with van der Waals surface area (Å²) in [6, 6.07) is 8.62. The molecule has 0 radical (unpaired) electrons. The molecular formula is C18H25N3O. The van der Waals surface area contributed by atoms with Crippen molar-refractivity contribution in [1.29, 1.82) is 0 Å².